The summed E-state index contributed by atoms with van der Waals surface area (Å²) in [6.07, 6.45) is 1.35. The number of carbonyl (C=O) groups is 3. The highest BCUT2D eigenvalue weighted by molar-refractivity contribution is 9.10. The fraction of sp³-hybridized carbons (Fsp3) is 0.421. The molecule has 0 bridgehead atoms. The molecule has 1 aromatic heterocycles. The molecule has 5 N–H and O–H groups in total. The lowest BCUT2D eigenvalue weighted by atomic mass is 9.95. The standard InChI is InChI=1S/C19H23BrN4O4/c1-10(24-7-5-11(6-8-24)17(21)25)18(26)23-15-13-9-12(20)3-4-14(13)22-16(15)19(27)28-2/h3-4,9-11,22H,5-8H2,1-2H3,(H2,21,25)(H,23,26)/p+1/t10-/m0/s1. The van der Waals surface area contributed by atoms with Crippen molar-refractivity contribution < 1.29 is 24.0 Å². The van der Waals surface area contributed by atoms with Crippen molar-refractivity contribution >= 4 is 50.3 Å². The van der Waals surface area contributed by atoms with Crippen LogP contribution in [0.4, 0.5) is 5.69 Å². The lowest BCUT2D eigenvalue weighted by Crippen LogP contribution is -3.17. The molecule has 150 valence electrons. The van der Waals surface area contributed by atoms with Crippen molar-refractivity contribution in [3.8, 4) is 0 Å². The number of aromatic amines is 1. The van der Waals surface area contributed by atoms with Crippen LogP contribution in [-0.4, -0.2) is 49.0 Å². The van der Waals surface area contributed by atoms with Gasteiger partial charge in [0.25, 0.3) is 5.91 Å². The van der Waals surface area contributed by atoms with Crippen molar-refractivity contribution in [2.45, 2.75) is 25.8 Å². The first-order valence-electron chi connectivity index (χ1n) is 9.16. The topological polar surface area (TPSA) is 119 Å². The number of quaternary nitrogens is 1. The van der Waals surface area contributed by atoms with E-state index < -0.39 is 5.97 Å². The summed E-state index contributed by atoms with van der Waals surface area (Å²) in [5.41, 5.74) is 6.72. The van der Waals surface area contributed by atoms with Crippen LogP contribution in [0.1, 0.15) is 30.3 Å². The van der Waals surface area contributed by atoms with E-state index in [2.05, 4.69) is 26.2 Å². The number of nitrogens with two attached hydrogens (primary N) is 1. The summed E-state index contributed by atoms with van der Waals surface area (Å²) < 4.78 is 5.68. The van der Waals surface area contributed by atoms with E-state index in [0.29, 0.717) is 31.6 Å². The van der Waals surface area contributed by atoms with E-state index in [1.54, 1.807) is 0 Å². The normalized spacial score (nSPS) is 20.5. The zero-order valence-electron chi connectivity index (χ0n) is 15.8. The Morgan fingerprint density at radius 1 is 1.32 bits per heavy atom. The number of anilines is 1. The number of nitrogens with one attached hydrogen (secondary N) is 3. The van der Waals surface area contributed by atoms with Crippen LogP contribution in [0.3, 0.4) is 0 Å². The fourth-order valence-corrected chi connectivity index (χ4v) is 4.03. The van der Waals surface area contributed by atoms with Gasteiger partial charge < -0.3 is 25.7 Å². The molecule has 0 radical (unpaired) electrons. The van der Waals surface area contributed by atoms with Crippen molar-refractivity contribution in [2.24, 2.45) is 11.7 Å². The van der Waals surface area contributed by atoms with Gasteiger partial charge >= 0.3 is 5.97 Å². The van der Waals surface area contributed by atoms with Crippen molar-refractivity contribution in [2.75, 3.05) is 25.5 Å². The molecule has 8 nitrogen and oxygen atoms in total. The number of fused-ring (bicyclic) bond motifs is 1. The van der Waals surface area contributed by atoms with Crippen molar-refractivity contribution in [3.05, 3.63) is 28.4 Å². The smallest absolute Gasteiger partial charge is 0.356 e. The second-order valence-electron chi connectivity index (χ2n) is 7.10. The minimum absolute atomic E-state index is 0.115. The van der Waals surface area contributed by atoms with Gasteiger partial charge in [-0.1, -0.05) is 15.9 Å². The van der Waals surface area contributed by atoms with Gasteiger partial charge in [0.15, 0.2) is 6.04 Å². The molecule has 2 heterocycles. The number of piperidine rings is 1. The number of halogens is 1. The number of primary amides is 1. The summed E-state index contributed by atoms with van der Waals surface area (Å²) in [6, 6.07) is 5.17. The van der Waals surface area contributed by atoms with E-state index in [1.165, 1.54) is 7.11 Å². The Bertz CT molecular complexity index is 918. The molecule has 1 aliphatic rings. The number of likely N-dealkylation sites (tertiary alicyclic amines) is 1. The number of carbonyl (C=O) groups excluding carboxylic acids is 3. The van der Waals surface area contributed by atoms with E-state index in [0.717, 1.165) is 20.3 Å². The van der Waals surface area contributed by atoms with E-state index in [4.69, 9.17) is 10.5 Å². The second-order valence-corrected chi connectivity index (χ2v) is 8.02. The van der Waals surface area contributed by atoms with Crippen molar-refractivity contribution in [1.82, 2.24) is 4.98 Å². The summed E-state index contributed by atoms with van der Waals surface area (Å²) in [4.78, 5) is 40.5. The molecular formula is C19H24BrN4O4+. The maximum Gasteiger partial charge on any atom is 0.356 e. The van der Waals surface area contributed by atoms with Gasteiger partial charge in [-0.2, -0.15) is 0 Å². The van der Waals surface area contributed by atoms with Crippen LogP contribution in [0, 0.1) is 5.92 Å². The molecule has 2 amide bonds. The van der Waals surface area contributed by atoms with Crippen molar-refractivity contribution in [1.29, 1.82) is 0 Å². The average molecular weight is 452 g/mol. The summed E-state index contributed by atoms with van der Waals surface area (Å²) in [7, 11) is 1.30. The SMILES string of the molecule is COC(=O)c1[nH]c2ccc(Br)cc2c1NC(=O)[C@H](C)[NH+]1CCC(C(N)=O)CC1. The predicted molar refractivity (Wildman–Crippen MR) is 108 cm³/mol. The fourth-order valence-electron chi connectivity index (χ4n) is 3.67. The molecule has 1 saturated heterocycles. The number of H-pyrrole nitrogens is 1. The Labute approximate surface area is 170 Å². The lowest BCUT2D eigenvalue weighted by molar-refractivity contribution is -0.919. The first-order chi connectivity index (χ1) is 13.3. The van der Waals surface area contributed by atoms with Crippen molar-refractivity contribution in [3.63, 3.8) is 0 Å². The Hall–Kier alpha value is -2.39. The Kier molecular flexibility index (Phi) is 6.04. The number of amides is 2. The largest absolute Gasteiger partial charge is 0.464 e. The van der Waals surface area contributed by atoms with Crippen LogP contribution in [-0.2, 0) is 14.3 Å². The molecule has 0 unspecified atom stereocenters. The van der Waals surface area contributed by atoms with Gasteiger partial charge in [0.05, 0.1) is 25.9 Å². The zero-order chi connectivity index (χ0) is 20.4. The van der Waals surface area contributed by atoms with E-state index in [1.807, 2.05) is 25.1 Å². The molecule has 2 aromatic rings. The average Bonchev–Trinajstić information content (AvgIpc) is 3.04. The summed E-state index contributed by atoms with van der Waals surface area (Å²) in [6.45, 7) is 3.24. The minimum Gasteiger partial charge on any atom is -0.464 e. The molecule has 0 saturated carbocycles. The van der Waals surface area contributed by atoms with Gasteiger partial charge in [-0.25, -0.2) is 4.79 Å². The summed E-state index contributed by atoms with van der Waals surface area (Å²) in [5, 5.41) is 3.62. The van der Waals surface area contributed by atoms with E-state index >= 15 is 0 Å². The van der Waals surface area contributed by atoms with Gasteiger partial charge in [-0.3, -0.25) is 9.59 Å². The highest BCUT2D eigenvalue weighted by atomic mass is 79.9. The van der Waals surface area contributed by atoms with Crippen LogP contribution in [0.25, 0.3) is 10.9 Å². The number of methoxy groups -OCH3 is 1. The van der Waals surface area contributed by atoms with Crippen LogP contribution >= 0.6 is 15.9 Å². The van der Waals surface area contributed by atoms with Crippen LogP contribution in [0.5, 0.6) is 0 Å². The highest BCUT2D eigenvalue weighted by Crippen LogP contribution is 2.30. The number of aromatic nitrogens is 1. The molecule has 0 spiro atoms. The maximum absolute atomic E-state index is 12.9. The Morgan fingerprint density at radius 2 is 2.00 bits per heavy atom. The number of benzene rings is 1. The minimum atomic E-state index is -0.551. The third-order valence-electron chi connectivity index (χ3n) is 5.43. The molecule has 1 fully saturated rings. The molecule has 1 aromatic carbocycles. The third kappa shape index (κ3) is 4.05. The van der Waals surface area contributed by atoms with Gasteiger partial charge in [0.1, 0.15) is 5.69 Å². The van der Waals surface area contributed by atoms with Crippen LogP contribution in [0.2, 0.25) is 0 Å². The first kappa shape index (κ1) is 20.3. The molecule has 1 atom stereocenters. The third-order valence-corrected chi connectivity index (χ3v) is 5.93. The van der Waals surface area contributed by atoms with E-state index in [9.17, 15) is 14.4 Å². The van der Waals surface area contributed by atoms with Crippen LogP contribution < -0.4 is 16.0 Å². The Morgan fingerprint density at radius 3 is 2.61 bits per heavy atom. The summed E-state index contributed by atoms with van der Waals surface area (Å²) in [5.74, 6) is -1.14. The molecule has 3 rings (SSSR count). The number of hydrogen-bond donors (Lipinski definition) is 4. The lowest BCUT2D eigenvalue weighted by Gasteiger charge is -2.31. The molecular weight excluding hydrogens is 428 g/mol. The number of rotatable bonds is 5. The van der Waals surface area contributed by atoms with Gasteiger partial charge in [-0.15, -0.1) is 0 Å². The monoisotopic (exact) mass is 451 g/mol. The number of hydrogen-bond acceptors (Lipinski definition) is 4. The Balaban J connectivity index is 1.81. The van der Waals surface area contributed by atoms with Crippen LogP contribution in [0.15, 0.2) is 22.7 Å². The first-order valence-corrected chi connectivity index (χ1v) is 9.95. The molecule has 0 aliphatic carbocycles. The van der Waals surface area contributed by atoms with Gasteiger partial charge in [0.2, 0.25) is 5.91 Å². The molecule has 1 aliphatic heterocycles. The quantitative estimate of drug-likeness (QED) is 0.503. The highest BCUT2D eigenvalue weighted by Gasteiger charge is 2.33. The zero-order valence-corrected chi connectivity index (χ0v) is 17.4. The summed E-state index contributed by atoms with van der Waals surface area (Å²) >= 11 is 3.42. The van der Waals surface area contributed by atoms with Gasteiger partial charge in [-0.05, 0) is 25.1 Å². The predicted octanol–water partition coefficient (Wildman–Crippen LogP) is 0.824. The second kappa shape index (κ2) is 8.32. The van der Waals surface area contributed by atoms with E-state index in [-0.39, 0.29) is 29.5 Å². The number of esters is 1. The molecule has 9 heteroatoms. The number of ether oxygens (including phenoxy) is 1. The van der Waals surface area contributed by atoms with Gasteiger partial charge in [0, 0.05) is 34.1 Å². The molecule has 28 heavy (non-hydrogen) atoms. The maximum atomic E-state index is 12.9.